The fourth-order valence-corrected chi connectivity index (χ4v) is 2.22. The van der Waals surface area contributed by atoms with Gasteiger partial charge in [-0.3, -0.25) is 0 Å². The van der Waals surface area contributed by atoms with Gasteiger partial charge < -0.3 is 15.7 Å². The molecular weight excluding hydrogens is 248 g/mol. The molecule has 0 spiro atoms. The molecule has 2 amide bonds. The summed E-state index contributed by atoms with van der Waals surface area (Å²) in [5, 5.41) is 13.9. The Morgan fingerprint density at radius 1 is 1.38 bits per heavy atom. The molecule has 0 radical (unpaired) electrons. The molecule has 0 fully saturated rings. The van der Waals surface area contributed by atoms with Crippen molar-refractivity contribution in [3.63, 3.8) is 0 Å². The number of amides is 2. The lowest BCUT2D eigenvalue weighted by atomic mass is 10.3. The molecule has 0 aliphatic heterocycles. The smallest absolute Gasteiger partial charge is 0.314 e. The van der Waals surface area contributed by atoms with Crippen molar-refractivity contribution in [2.45, 2.75) is 12.8 Å². The molecular formula is C10H15ClN2O2S. The largest absolute Gasteiger partial charge is 0.396 e. The van der Waals surface area contributed by atoms with E-state index in [0.29, 0.717) is 19.5 Å². The highest BCUT2D eigenvalue weighted by molar-refractivity contribution is 7.16. The van der Waals surface area contributed by atoms with Crippen LogP contribution in [-0.4, -0.2) is 30.8 Å². The molecule has 1 aromatic rings. The van der Waals surface area contributed by atoms with E-state index in [9.17, 15) is 4.79 Å². The molecule has 1 rings (SSSR count). The number of carbonyl (C=O) groups is 1. The summed E-state index contributed by atoms with van der Waals surface area (Å²) in [5.74, 6) is 0. The second-order valence-electron chi connectivity index (χ2n) is 3.22. The van der Waals surface area contributed by atoms with Gasteiger partial charge >= 0.3 is 6.03 Å². The predicted molar refractivity (Wildman–Crippen MR) is 66.1 cm³/mol. The van der Waals surface area contributed by atoms with Gasteiger partial charge in [0.2, 0.25) is 0 Å². The zero-order valence-corrected chi connectivity index (χ0v) is 10.4. The van der Waals surface area contributed by atoms with Crippen molar-refractivity contribution in [2.75, 3.05) is 19.7 Å². The van der Waals surface area contributed by atoms with Crippen LogP contribution >= 0.6 is 22.9 Å². The molecule has 3 N–H and O–H groups in total. The van der Waals surface area contributed by atoms with Gasteiger partial charge in [-0.05, 0) is 25.0 Å². The van der Waals surface area contributed by atoms with E-state index in [4.69, 9.17) is 16.7 Å². The number of hydrogen-bond acceptors (Lipinski definition) is 3. The van der Waals surface area contributed by atoms with Gasteiger partial charge in [-0.2, -0.15) is 0 Å². The number of rotatable bonds is 6. The molecule has 1 heterocycles. The third-order valence-corrected chi connectivity index (χ3v) is 3.20. The minimum absolute atomic E-state index is 0.0912. The molecule has 0 saturated carbocycles. The molecule has 0 aliphatic rings. The molecule has 4 nitrogen and oxygen atoms in total. The van der Waals surface area contributed by atoms with Gasteiger partial charge in [0.1, 0.15) is 0 Å². The number of urea groups is 1. The van der Waals surface area contributed by atoms with Gasteiger partial charge in [-0.1, -0.05) is 11.6 Å². The van der Waals surface area contributed by atoms with Gasteiger partial charge in [-0.25, -0.2) is 4.79 Å². The first-order valence-corrected chi connectivity index (χ1v) is 6.28. The Bertz CT molecular complexity index is 330. The van der Waals surface area contributed by atoms with Gasteiger partial charge in [0.05, 0.1) is 4.34 Å². The van der Waals surface area contributed by atoms with Crippen molar-refractivity contribution < 1.29 is 9.90 Å². The number of aliphatic hydroxyl groups is 1. The Morgan fingerprint density at radius 2 is 2.12 bits per heavy atom. The van der Waals surface area contributed by atoms with Crippen molar-refractivity contribution in [3.05, 3.63) is 21.3 Å². The fraction of sp³-hybridized carbons (Fsp3) is 0.500. The molecule has 6 heteroatoms. The maximum atomic E-state index is 11.2. The molecule has 90 valence electrons. The first-order valence-electron chi connectivity index (χ1n) is 5.09. The topological polar surface area (TPSA) is 61.4 Å². The molecule has 0 aromatic carbocycles. The molecule has 16 heavy (non-hydrogen) atoms. The molecule has 0 atom stereocenters. The van der Waals surface area contributed by atoms with Crippen molar-refractivity contribution >= 4 is 29.0 Å². The number of carbonyl (C=O) groups excluding carboxylic acids is 1. The van der Waals surface area contributed by atoms with Gasteiger partial charge in [0.25, 0.3) is 0 Å². The Kier molecular flexibility index (Phi) is 6.22. The monoisotopic (exact) mass is 262 g/mol. The minimum atomic E-state index is -0.198. The highest BCUT2D eigenvalue weighted by atomic mass is 35.5. The molecule has 0 saturated heterocycles. The SMILES string of the molecule is O=C(NCCCO)NCCc1ccc(Cl)s1. The lowest BCUT2D eigenvalue weighted by molar-refractivity contribution is 0.238. The second-order valence-corrected chi connectivity index (χ2v) is 5.02. The highest BCUT2D eigenvalue weighted by Gasteiger charge is 2.00. The standard InChI is InChI=1S/C10H15ClN2O2S/c11-9-3-2-8(16-9)4-6-13-10(15)12-5-1-7-14/h2-3,14H,1,4-7H2,(H2,12,13,15). The second kappa shape index (κ2) is 7.49. The van der Waals surface area contributed by atoms with Gasteiger partial charge in [-0.15, -0.1) is 11.3 Å². The fourth-order valence-electron chi connectivity index (χ4n) is 1.13. The van der Waals surface area contributed by atoms with E-state index in [2.05, 4.69) is 10.6 Å². The normalized spacial score (nSPS) is 10.1. The summed E-state index contributed by atoms with van der Waals surface area (Å²) in [6, 6.07) is 3.61. The summed E-state index contributed by atoms with van der Waals surface area (Å²) in [6.45, 7) is 1.17. The van der Waals surface area contributed by atoms with Gasteiger partial charge in [0, 0.05) is 24.6 Å². The number of aliphatic hydroxyl groups excluding tert-OH is 1. The third-order valence-electron chi connectivity index (χ3n) is 1.91. The number of halogens is 1. The average Bonchev–Trinajstić information content (AvgIpc) is 2.65. The van der Waals surface area contributed by atoms with E-state index in [1.165, 1.54) is 11.3 Å². The van der Waals surface area contributed by atoms with Crippen LogP contribution < -0.4 is 10.6 Å². The lowest BCUT2D eigenvalue weighted by Gasteiger charge is -2.05. The molecule has 1 aromatic heterocycles. The Labute approximate surface area is 104 Å². The quantitative estimate of drug-likeness (QED) is 0.683. The number of thiophene rings is 1. The summed E-state index contributed by atoms with van der Waals surface area (Å²) < 4.78 is 0.766. The highest BCUT2D eigenvalue weighted by Crippen LogP contribution is 2.21. The zero-order chi connectivity index (χ0) is 11.8. The van der Waals surface area contributed by atoms with Gasteiger partial charge in [0.15, 0.2) is 0 Å². The van der Waals surface area contributed by atoms with Crippen molar-refractivity contribution in [2.24, 2.45) is 0 Å². The Morgan fingerprint density at radius 3 is 2.75 bits per heavy atom. The Balaban J connectivity index is 2.08. The van der Waals surface area contributed by atoms with E-state index in [1.807, 2.05) is 12.1 Å². The van der Waals surface area contributed by atoms with E-state index >= 15 is 0 Å². The van der Waals surface area contributed by atoms with E-state index in [0.717, 1.165) is 15.6 Å². The summed E-state index contributed by atoms with van der Waals surface area (Å²) >= 11 is 7.30. The summed E-state index contributed by atoms with van der Waals surface area (Å²) in [4.78, 5) is 12.3. The minimum Gasteiger partial charge on any atom is -0.396 e. The van der Waals surface area contributed by atoms with Crippen LogP contribution in [0.4, 0.5) is 4.79 Å². The van der Waals surface area contributed by atoms with Crippen molar-refractivity contribution in [3.8, 4) is 0 Å². The number of nitrogens with one attached hydrogen (secondary N) is 2. The summed E-state index contributed by atoms with van der Waals surface area (Å²) in [7, 11) is 0. The summed E-state index contributed by atoms with van der Waals surface area (Å²) in [5.41, 5.74) is 0. The first-order chi connectivity index (χ1) is 7.72. The lowest BCUT2D eigenvalue weighted by Crippen LogP contribution is -2.37. The van der Waals surface area contributed by atoms with E-state index in [-0.39, 0.29) is 12.6 Å². The summed E-state index contributed by atoms with van der Waals surface area (Å²) in [6.07, 6.45) is 1.36. The molecule has 0 aliphatic carbocycles. The van der Waals surface area contributed by atoms with E-state index < -0.39 is 0 Å². The maximum Gasteiger partial charge on any atom is 0.314 e. The third kappa shape index (κ3) is 5.34. The van der Waals surface area contributed by atoms with Crippen LogP contribution in [0.25, 0.3) is 0 Å². The van der Waals surface area contributed by atoms with Crippen molar-refractivity contribution in [1.82, 2.24) is 10.6 Å². The van der Waals surface area contributed by atoms with Crippen LogP contribution in [0.5, 0.6) is 0 Å². The van der Waals surface area contributed by atoms with Crippen LogP contribution in [0.3, 0.4) is 0 Å². The van der Waals surface area contributed by atoms with Crippen LogP contribution in [0.15, 0.2) is 12.1 Å². The van der Waals surface area contributed by atoms with Crippen molar-refractivity contribution in [1.29, 1.82) is 0 Å². The first kappa shape index (κ1) is 13.3. The zero-order valence-electron chi connectivity index (χ0n) is 8.83. The molecule has 0 unspecified atom stereocenters. The molecule has 0 bridgehead atoms. The van der Waals surface area contributed by atoms with E-state index in [1.54, 1.807) is 0 Å². The van der Waals surface area contributed by atoms with Crippen LogP contribution in [-0.2, 0) is 6.42 Å². The predicted octanol–water partition coefficient (Wildman–Crippen LogP) is 1.63. The number of hydrogen-bond donors (Lipinski definition) is 3. The maximum absolute atomic E-state index is 11.2. The Hall–Kier alpha value is -0.780. The van der Waals surface area contributed by atoms with Crippen LogP contribution in [0.2, 0.25) is 4.34 Å². The van der Waals surface area contributed by atoms with Crippen LogP contribution in [0, 0.1) is 0 Å². The van der Waals surface area contributed by atoms with Crippen LogP contribution in [0.1, 0.15) is 11.3 Å². The average molecular weight is 263 g/mol.